The predicted molar refractivity (Wildman–Crippen MR) is 100 cm³/mol. The van der Waals surface area contributed by atoms with E-state index < -0.39 is 0 Å². The van der Waals surface area contributed by atoms with Crippen molar-refractivity contribution in [1.82, 2.24) is 9.80 Å². The minimum atomic E-state index is -0.234. The molecule has 2 heterocycles. The maximum atomic E-state index is 13.0. The van der Waals surface area contributed by atoms with Gasteiger partial charge in [-0.25, -0.2) is 0 Å². The van der Waals surface area contributed by atoms with E-state index >= 15 is 0 Å². The van der Waals surface area contributed by atoms with Crippen molar-refractivity contribution in [1.29, 1.82) is 0 Å². The molecule has 1 fully saturated rings. The molecule has 1 amide bonds. The summed E-state index contributed by atoms with van der Waals surface area (Å²) in [5, 5.41) is 0.490. The van der Waals surface area contributed by atoms with Gasteiger partial charge in [0.2, 0.25) is 0 Å². The van der Waals surface area contributed by atoms with E-state index in [-0.39, 0.29) is 23.1 Å². The summed E-state index contributed by atoms with van der Waals surface area (Å²) in [6, 6.07) is 18.6. The van der Waals surface area contributed by atoms with Gasteiger partial charge >= 0.3 is 0 Å². The Balaban J connectivity index is 1.63. The van der Waals surface area contributed by atoms with E-state index in [0.717, 1.165) is 6.54 Å². The van der Waals surface area contributed by atoms with Crippen LogP contribution < -0.4 is 5.43 Å². The Kier molecular flexibility index (Phi) is 4.31. The fourth-order valence-electron chi connectivity index (χ4n) is 3.46. The number of benzene rings is 2. The van der Waals surface area contributed by atoms with Gasteiger partial charge in [-0.15, -0.1) is 0 Å². The molecule has 4 rings (SSSR count). The summed E-state index contributed by atoms with van der Waals surface area (Å²) in [6.45, 7) is 1.94. The Hall–Kier alpha value is -2.92. The zero-order valence-electron chi connectivity index (χ0n) is 14.6. The van der Waals surface area contributed by atoms with Gasteiger partial charge in [-0.3, -0.25) is 14.5 Å². The first-order valence-corrected chi connectivity index (χ1v) is 8.71. The summed E-state index contributed by atoms with van der Waals surface area (Å²) >= 11 is 0. The smallest absolute Gasteiger partial charge is 0.289 e. The molecule has 26 heavy (non-hydrogen) atoms. The molecule has 1 atom stereocenters. The highest BCUT2D eigenvalue weighted by Gasteiger charge is 2.30. The Labute approximate surface area is 151 Å². The van der Waals surface area contributed by atoms with Gasteiger partial charge in [0.15, 0.2) is 11.2 Å². The molecule has 1 aromatic heterocycles. The second-order valence-corrected chi connectivity index (χ2v) is 6.63. The van der Waals surface area contributed by atoms with Crippen LogP contribution in [0, 0.1) is 0 Å². The molecule has 0 N–H and O–H groups in total. The number of hydrogen-bond acceptors (Lipinski definition) is 4. The van der Waals surface area contributed by atoms with Crippen molar-refractivity contribution >= 4 is 16.9 Å². The normalized spacial score (nSPS) is 18.2. The molecule has 0 bridgehead atoms. The van der Waals surface area contributed by atoms with Crippen LogP contribution in [0.25, 0.3) is 11.0 Å². The van der Waals surface area contributed by atoms with Gasteiger partial charge < -0.3 is 9.32 Å². The molecule has 1 aliphatic rings. The molecule has 0 radical (unpaired) electrons. The first-order chi connectivity index (χ1) is 12.6. The van der Waals surface area contributed by atoms with E-state index in [1.807, 2.05) is 18.2 Å². The maximum Gasteiger partial charge on any atom is 0.289 e. The van der Waals surface area contributed by atoms with Crippen LogP contribution in [-0.2, 0) is 0 Å². The number of carbonyl (C=O) groups is 1. The second-order valence-electron chi connectivity index (χ2n) is 6.63. The third-order valence-electron chi connectivity index (χ3n) is 4.96. The third kappa shape index (κ3) is 3.02. The Morgan fingerprint density at radius 1 is 1.04 bits per heavy atom. The largest absolute Gasteiger partial charge is 0.451 e. The number of fused-ring (bicyclic) bond motifs is 1. The van der Waals surface area contributed by atoms with Crippen molar-refractivity contribution in [3.63, 3.8) is 0 Å². The Morgan fingerprint density at radius 2 is 1.77 bits per heavy atom. The average Bonchev–Trinajstić information content (AvgIpc) is 2.68. The van der Waals surface area contributed by atoms with Crippen LogP contribution in [0.3, 0.4) is 0 Å². The van der Waals surface area contributed by atoms with Crippen molar-refractivity contribution in [2.75, 3.05) is 26.7 Å². The van der Waals surface area contributed by atoms with Gasteiger partial charge in [-0.05, 0) is 24.7 Å². The lowest BCUT2D eigenvalue weighted by Gasteiger charge is -2.39. The molecule has 1 aliphatic heterocycles. The van der Waals surface area contributed by atoms with Crippen molar-refractivity contribution in [3.05, 3.63) is 82.2 Å². The highest BCUT2D eigenvalue weighted by atomic mass is 16.3. The zero-order valence-corrected chi connectivity index (χ0v) is 14.6. The topological polar surface area (TPSA) is 53.8 Å². The highest BCUT2D eigenvalue weighted by molar-refractivity contribution is 5.93. The van der Waals surface area contributed by atoms with E-state index in [4.69, 9.17) is 4.42 Å². The van der Waals surface area contributed by atoms with Gasteiger partial charge in [0.05, 0.1) is 11.4 Å². The van der Waals surface area contributed by atoms with Gasteiger partial charge in [0, 0.05) is 25.7 Å². The molecule has 132 valence electrons. The van der Waals surface area contributed by atoms with Crippen molar-refractivity contribution in [2.24, 2.45) is 0 Å². The highest BCUT2D eigenvalue weighted by Crippen LogP contribution is 2.25. The third-order valence-corrected chi connectivity index (χ3v) is 4.96. The number of amides is 1. The number of carbonyl (C=O) groups excluding carboxylic acids is 1. The second kappa shape index (κ2) is 6.77. The molecule has 0 unspecified atom stereocenters. The molecule has 0 saturated carbocycles. The van der Waals surface area contributed by atoms with Crippen LogP contribution in [-0.4, -0.2) is 42.4 Å². The maximum absolute atomic E-state index is 13.0. The number of para-hydroxylation sites is 1. The molecule has 0 spiro atoms. The van der Waals surface area contributed by atoms with Gasteiger partial charge in [0.1, 0.15) is 5.58 Å². The molecule has 3 aromatic rings. The van der Waals surface area contributed by atoms with Crippen LogP contribution in [0.15, 0.2) is 69.9 Å². The number of rotatable bonds is 2. The zero-order chi connectivity index (χ0) is 18.1. The van der Waals surface area contributed by atoms with Crippen LogP contribution >= 0.6 is 0 Å². The molecule has 2 aromatic carbocycles. The van der Waals surface area contributed by atoms with Crippen molar-refractivity contribution in [3.8, 4) is 0 Å². The molecule has 0 aliphatic carbocycles. The SMILES string of the molecule is CN1CCN(C(=O)c2cc(=O)c3ccccc3o2)C[C@@H]1c1ccccc1. The van der Waals surface area contributed by atoms with Crippen LogP contribution in [0.1, 0.15) is 22.2 Å². The summed E-state index contributed by atoms with van der Waals surface area (Å²) < 4.78 is 5.72. The van der Waals surface area contributed by atoms with Crippen LogP contribution in [0.2, 0.25) is 0 Å². The molecule has 5 heteroatoms. The minimum absolute atomic E-state index is 0.102. The lowest BCUT2D eigenvalue weighted by Crippen LogP contribution is -2.49. The standard InChI is InChI=1S/C21H20N2O3/c1-22-11-12-23(14-17(22)15-7-3-2-4-8-15)21(25)20-13-18(24)16-9-5-6-10-19(16)26-20/h2-10,13,17H,11-12,14H2,1H3/t17-/m1/s1. The lowest BCUT2D eigenvalue weighted by molar-refractivity contribution is 0.0517. The Morgan fingerprint density at radius 3 is 2.58 bits per heavy atom. The van der Waals surface area contributed by atoms with Crippen LogP contribution in [0.4, 0.5) is 0 Å². The fraction of sp³-hybridized carbons (Fsp3) is 0.238. The first kappa shape index (κ1) is 16.5. The number of piperazine rings is 1. The average molecular weight is 348 g/mol. The quantitative estimate of drug-likeness (QED) is 0.715. The summed E-state index contributed by atoms with van der Waals surface area (Å²) in [5.41, 5.74) is 1.42. The van der Waals surface area contributed by atoms with Crippen molar-refractivity contribution < 1.29 is 9.21 Å². The van der Waals surface area contributed by atoms with Gasteiger partial charge in [-0.1, -0.05) is 42.5 Å². The number of nitrogens with zero attached hydrogens (tertiary/aromatic N) is 2. The van der Waals surface area contributed by atoms with Gasteiger partial charge in [0.25, 0.3) is 5.91 Å². The fourth-order valence-corrected chi connectivity index (χ4v) is 3.46. The molecule has 5 nitrogen and oxygen atoms in total. The number of hydrogen-bond donors (Lipinski definition) is 0. The number of likely N-dealkylation sites (N-methyl/N-ethyl adjacent to an activating group) is 1. The summed E-state index contributed by atoms with van der Waals surface area (Å²) in [4.78, 5) is 29.3. The van der Waals surface area contributed by atoms with Crippen LogP contribution in [0.5, 0.6) is 0 Å². The van der Waals surface area contributed by atoms with Crippen molar-refractivity contribution in [2.45, 2.75) is 6.04 Å². The summed E-state index contributed by atoms with van der Waals surface area (Å²) in [7, 11) is 2.07. The Bertz CT molecular complexity index is 997. The minimum Gasteiger partial charge on any atom is -0.451 e. The van der Waals surface area contributed by atoms with E-state index in [9.17, 15) is 9.59 Å². The summed E-state index contributed by atoms with van der Waals surface area (Å²) in [6.07, 6.45) is 0. The van der Waals surface area contributed by atoms with E-state index in [1.165, 1.54) is 11.6 Å². The lowest BCUT2D eigenvalue weighted by atomic mass is 10.0. The van der Waals surface area contributed by atoms with E-state index in [2.05, 4.69) is 24.1 Å². The summed E-state index contributed by atoms with van der Waals surface area (Å²) in [5.74, 6) is -0.132. The predicted octanol–water partition coefficient (Wildman–Crippen LogP) is 2.92. The van der Waals surface area contributed by atoms with Gasteiger partial charge in [-0.2, -0.15) is 0 Å². The monoisotopic (exact) mass is 348 g/mol. The molecular weight excluding hydrogens is 328 g/mol. The molecular formula is C21H20N2O3. The molecule has 1 saturated heterocycles. The first-order valence-electron chi connectivity index (χ1n) is 8.71. The van der Waals surface area contributed by atoms with E-state index in [1.54, 1.807) is 29.2 Å². The van der Waals surface area contributed by atoms with E-state index in [0.29, 0.717) is 24.1 Å².